The van der Waals surface area contributed by atoms with Crippen LogP contribution in [0, 0.1) is 2.88 Å². The molecule has 0 amide bonds. The largest absolute Gasteiger partial charge is 0.481 e. The van der Waals surface area contributed by atoms with E-state index in [4.69, 9.17) is 5.11 Å². The van der Waals surface area contributed by atoms with Crippen molar-refractivity contribution in [3.8, 4) is 0 Å². The van der Waals surface area contributed by atoms with Crippen molar-refractivity contribution in [2.45, 2.75) is 19.3 Å². The molecule has 1 unspecified atom stereocenters. The van der Waals surface area contributed by atoms with Gasteiger partial charge < -0.3 is 5.11 Å². The Morgan fingerprint density at radius 2 is 2.42 bits per heavy atom. The Morgan fingerprint density at radius 3 is 2.75 bits per heavy atom. The second kappa shape index (κ2) is 4.23. The molecule has 1 aromatic heterocycles. The molecule has 0 fully saturated rings. The van der Waals surface area contributed by atoms with Crippen LogP contribution < -0.4 is 0 Å². The van der Waals surface area contributed by atoms with Crippen LogP contribution in [-0.4, -0.2) is 11.1 Å². The highest BCUT2D eigenvalue weighted by Crippen LogP contribution is 2.28. The minimum Gasteiger partial charge on any atom is -0.481 e. The van der Waals surface area contributed by atoms with Crippen LogP contribution in [0.1, 0.15) is 24.1 Å². The molecule has 1 N–H and O–H groups in total. The second-order valence-electron chi connectivity index (χ2n) is 2.44. The van der Waals surface area contributed by atoms with Gasteiger partial charge in [-0.1, -0.05) is 6.92 Å². The molecule has 0 radical (unpaired) electrons. The summed E-state index contributed by atoms with van der Waals surface area (Å²) in [6.45, 7) is 1.89. The molecule has 0 spiro atoms. The number of aliphatic carboxylic acids is 1. The Morgan fingerprint density at radius 1 is 1.75 bits per heavy atom. The fourth-order valence-corrected chi connectivity index (χ4v) is 2.86. The van der Waals surface area contributed by atoms with Gasteiger partial charge in [-0.2, -0.15) is 0 Å². The summed E-state index contributed by atoms with van der Waals surface area (Å²) >= 11 is 3.75. The highest BCUT2D eigenvalue weighted by molar-refractivity contribution is 14.1. The van der Waals surface area contributed by atoms with Gasteiger partial charge in [-0.15, -0.1) is 11.3 Å². The number of carbonyl (C=O) groups is 1. The first-order chi connectivity index (χ1) is 5.65. The molecular formula is C8H9IO2S. The van der Waals surface area contributed by atoms with Crippen molar-refractivity contribution in [1.82, 2.24) is 0 Å². The molecule has 1 heterocycles. The number of rotatable bonds is 3. The molecule has 0 aliphatic carbocycles. The van der Waals surface area contributed by atoms with Crippen LogP contribution in [0.25, 0.3) is 0 Å². The maximum absolute atomic E-state index is 10.7. The minimum atomic E-state index is -0.726. The molecule has 0 saturated heterocycles. The Balaban J connectivity index is 2.87. The van der Waals surface area contributed by atoms with E-state index in [1.54, 1.807) is 11.3 Å². The lowest BCUT2D eigenvalue weighted by molar-refractivity contribution is -0.138. The van der Waals surface area contributed by atoms with Gasteiger partial charge >= 0.3 is 5.97 Å². The zero-order valence-electron chi connectivity index (χ0n) is 6.58. The fourth-order valence-electron chi connectivity index (χ4n) is 1.01. The van der Waals surface area contributed by atoms with E-state index in [1.807, 2.05) is 19.1 Å². The maximum Gasteiger partial charge on any atom is 0.311 e. The molecule has 4 heteroatoms. The third-order valence-electron chi connectivity index (χ3n) is 1.64. The van der Waals surface area contributed by atoms with Crippen LogP contribution in [0.3, 0.4) is 0 Å². The maximum atomic E-state index is 10.7. The molecule has 66 valence electrons. The molecule has 0 saturated carbocycles. The first-order valence-corrected chi connectivity index (χ1v) is 5.52. The highest BCUT2D eigenvalue weighted by Gasteiger charge is 2.18. The number of carboxylic acid groups (broad SMARTS) is 1. The fraction of sp³-hybridized carbons (Fsp3) is 0.375. The number of carboxylic acids is 1. The van der Waals surface area contributed by atoms with Crippen LogP contribution in [0.4, 0.5) is 0 Å². The van der Waals surface area contributed by atoms with E-state index in [9.17, 15) is 4.79 Å². The van der Waals surface area contributed by atoms with Crippen molar-refractivity contribution in [3.05, 3.63) is 19.9 Å². The van der Waals surface area contributed by atoms with E-state index in [0.29, 0.717) is 6.42 Å². The van der Waals surface area contributed by atoms with Gasteiger partial charge in [0.1, 0.15) is 0 Å². The number of hydrogen-bond acceptors (Lipinski definition) is 2. The van der Waals surface area contributed by atoms with Crippen LogP contribution in [0.2, 0.25) is 0 Å². The standard InChI is InChI=1S/C8H9IO2S/c1-2-5(8(10)11)6-3-4-7(9)12-6/h3-5H,2H2,1H3,(H,10,11). The van der Waals surface area contributed by atoms with Crippen molar-refractivity contribution in [2.75, 3.05) is 0 Å². The highest BCUT2D eigenvalue weighted by atomic mass is 127. The Labute approximate surface area is 88.7 Å². The zero-order chi connectivity index (χ0) is 9.14. The second-order valence-corrected chi connectivity index (χ2v) is 5.45. The molecule has 0 aromatic carbocycles. The predicted molar refractivity (Wildman–Crippen MR) is 57.7 cm³/mol. The summed E-state index contributed by atoms with van der Waals surface area (Å²) in [6, 6.07) is 3.85. The summed E-state index contributed by atoms with van der Waals surface area (Å²) < 4.78 is 1.14. The van der Waals surface area contributed by atoms with Gasteiger partial charge in [-0.25, -0.2) is 0 Å². The lowest BCUT2D eigenvalue weighted by Gasteiger charge is -2.05. The van der Waals surface area contributed by atoms with Crippen LogP contribution >= 0.6 is 33.9 Å². The van der Waals surface area contributed by atoms with E-state index >= 15 is 0 Å². The summed E-state index contributed by atoms with van der Waals surface area (Å²) in [7, 11) is 0. The normalized spacial score (nSPS) is 12.8. The molecule has 0 aliphatic rings. The SMILES string of the molecule is CCC(C(=O)O)c1ccc(I)s1. The third kappa shape index (κ3) is 2.20. The van der Waals surface area contributed by atoms with Crippen molar-refractivity contribution >= 4 is 39.9 Å². The van der Waals surface area contributed by atoms with Crippen molar-refractivity contribution < 1.29 is 9.90 Å². The Bertz CT molecular complexity index is 282. The van der Waals surface area contributed by atoms with Gasteiger partial charge in [0.25, 0.3) is 0 Å². The van der Waals surface area contributed by atoms with Gasteiger partial charge in [0, 0.05) is 4.88 Å². The van der Waals surface area contributed by atoms with E-state index in [1.165, 1.54) is 0 Å². The zero-order valence-corrected chi connectivity index (χ0v) is 9.55. The van der Waals surface area contributed by atoms with E-state index in [0.717, 1.165) is 7.76 Å². The Kier molecular flexibility index (Phi) is 3.52. The lowest BCUT2D eigenvalue weighted by atomic mass is 10.1. The summed E-state index contributed by atoms with van der Waals surface area (Å²) in [6.07, 6.45) is 0.659. The average molecular weight is 296 g/mol. The molecule has 0 aliphatic heterocycles. The van der Waals surface area contributed by atoms with Gasteiger partial charge in [0.15, 0.2) is 0 Å². The third-order valence-corrected chi connectivity index (χ3v) is 3.65. The molecule has 0 bridgehead atoms. The van der Waals surface area contributed by atoms with E-state index in [2.05, 4.69) is 22.6 Å². The van der Waals surface area contributed by atoms with Gasteiger partial charge in [-0.05, 0) is 41.1 Å². The number of hydrogen-bond donors (Lipinski definition) is 1. The number of halogens is 1. The lowest BCUT2D eigenvalue weighted by Crippen LogP contribution is -2.08. The van der Waals surface area contributed by atoms with Gasteiger partial charge in [0.05, 0.1) is 8.80 Å². The monoisotopic (exact) mass is 296 g/mol. The first-order valence-electron chi connectivity index (χ1n) is 3.63. The molecule has 1 rings (SSSR count). The summed E-state index contributed by atoms with van der Waals surface area (Å²) in [5, 5.41) is 8.84. The van der Waals surface area contributed by atoms with Gasteiger partial charge in [-0.3, -0.25) is 4.79 Å². The van der Waals surface area contributed by atoms with Crippen LogP contribution in [-0.2, 0) is 4.79 Å². The van der Waals surface area contributed by atoms with E-state index < -0.39 is 5.97 Å². The predicted octanol–water partition coefficient (Wildman–Crippen LogP) is 2.93. The molecular weight excluding hydrogens is 287 g/mol. The van der Waals surface area contributed by atoms with Crippen LogP contribution in [0.5, 0.6) is 0 Å². The molecule has 1 aromatic rings. The summed E-state index contributed by atoms with van der Waals surface area (Å²) in [4.78, 5) is 11.7. The first kappa shape index (κ1) is 9.98. The van der Waals surface area contributed by atoms with Crippen molar-refractivity contribution in [1.29, 1.82) is 0 Å². The van der Waals surface area contributed by atoms with Crippen LogP contribution in [0.15, 0.2) is 12.1 Å². The molecule has 1 atom stereocenters. The Hall–Kier alpha value is -0.100. The smallest absolute Gasteiger partial charge is 0.311 e. The van der Waals surface area contributed by atoms with Crippen molar-refractivity contribution in [2.24, 2.45) is 0 Å². The summed E-state index contributed by atoms with van der Waals surface area (Å²) in [5.41, 5.74) is 0. The summed E-state index contributed by atoms with van der Waals surface area (Å²) in [5.74, 6) is -1.05. The molecule has 2 nitrogen and oxygen atoms in total. The quantitative estimate of drug-likeness (QED) is 0.871. The topological polar surface area (TPSA) is 37.3 Å². The minimum absolute atomic E-state index is 0.321. The van der Waals surface area contributed by atoms with E-state index in [-0.39, 0.29) is 5.92 Å². The van der Waals surface area contributed by atoms with Crippen molar-refractivity contribution in [3.63, 3.8) is 0 Å². The molecule has 12 heavy (non-hydrogen) atoms. The van der Waals surface area contributed by atoms with Gasteiger partial charge in [0.2, 0.25) is 0 Å². The average Bonchev–Trinajstić information content (AvgIpc) is 2.37. The number of thiophene rings is 1.